The molecule has 0 unspecified atom stereocenters. The molecule has 6 heteroatoms. The van der Waals surface area contributed by atoms with E-state index in [-0.39, 0.29) is 0 Å². The van der Waals surface area contributed by atoms with Gasteiger partial charge in [0.15, 0.2) is 0 Å². The number of hydrogen-bond donors (Lipinski definition) is 0. The molecule has 0 aliphatic carbocycles. The van der Waals surface area contributed by atoms with Crippen LogP contribution >= 0.6 is 22.7 Å². The number of ether oxygens (including phenoxy) is 2. The predicted octanol–water partition coefficient (Wildman–Crippen LogP) is 13.2. The summed E-state index contributed by atoms with van der Waals surface area (Å²) < 4.78 is 16.5. The van der Waals surface area contributed by atoms with Crippen molar-refractivity contribution in [3.05, 3.63) is 12.1 Å². The summed E-state index contributed by atoms with van der Waals surface area (Å²) in [4.78, 5) is 17.9. The summed E-state index contributed by atoms with van der Waals surface area (Å²) in [5.41, 5.74) is 0. The summed E-state index contributed by atoms with van der Waals surface area (Å²) in [5.74, 6) is 2.27. The van der Waals surface area contributed by atoms with Crippen LogP contribution in [0.25, 0.3) is 9.75 Å². The molecule has 0 radical (unpaired) electrons. The first kappa shape index (κ1) is 40.8. The van der Waals surface area contributed by atoms with E-state index in [9.17, 15) is 0 Å². The summed E-state index contributed by atoms with van der Waals surface area (Å²) in [6.07, 6.45) is 27.2. The van der Waals surface area contributed by atoms with E-state index in [4.69, 9.17) is 9.47 Å². The van der Waals surface area contributed by atoms with E-state index in [1.165, 1.54) is 125 Å². The Labute approximate surface area is 290 Å². The van der Waals surface area contributed by atoms with Crippen molar-refractivity contribution in [3.63, 3.8) is 0 Å². The fourth-order valence-electron chi connectivity index (χ4n) is 5.56. The van der Waals surface area contributed by atoms with Gasteiger partial charge in [-0.3, -0.25) is 0 Å². The van der Waals surface area contributed by atoms with Gasteiger partial charge in [0, 0.05) is 0 Å². The third-order valence-corrected chi connectivity index (χ3v) is 29.8. The van der Waals surface area contributed by atoms with Gasteiger partial charge in [-0.2, -0.15) is 0 Å². The van der Waals surface area contributed by atoms with Gasteiger partial charge in [-0.05, 0) is 0 Å². The predicted molar refractivity (Wildman–Crippen MR) is 208 cm³/mol. The summed E-state index contributed by atoms with van der Waals surface area (Å²) in [6.45, 7) is 6.27. The van der Waals surface area contributed by atoms with Gasteiger partial charge in [0.1, 0.15) is 0 Å². The average Bonchev–Trinajstić information content (AvgIpc) is 3.59. The number of unbranched alkanes of at least 4 members (excludes halogenated alkanes) is 18. The zero-order valence-electron chi connectivity index (χ0n) is 30.3. The van der Waals surface area contributed by atoms with Crippen LogP contribution in [0.1, 0.15) is 142 Å². The minimum atomic E-state index is -2.24. The second-order valence-electron chi connectivity index (χ2n) is 15.2. The standard InChI is InChI=1S/C32H52O2S2.6CH3.2Sn/c1-3-5-7-9-11-13-15-17-19-21-25-33-29-23-27-35-31(29)32-30(24-28-36-32)34-26-22-20-18-16-14-12-10-8-6-4-2;;;;;;;;/h23-24H,3-22,25-26H2,1-2H3;6*1H3;;. The Morgan fingerprint density at radius 2 is 0.705 bits per heavy atom. The third kappa shape index (κ3) is 16.6. The van der Waals surface area contributed by atoms with Crippen molar-refractivity contribution in [1.29, 1.82) is 0 Å². The molecule has 0 fully saturated rings. The van der Waals surface area contributed by atoms with Gasteiger partial charge >= 0.3 is 241 Å². The number of thiophene rings is 2. The third-order valence-electron chi connectivity index (χ3n) is 8.59. The fraction of sp³-hybridized carbons (Fsp3) is 0.789. The van der Waals surface area contributed by atoms with Crippen LogP contribution in [0.3, 0.4) is 0 Å². The van der Waals surface area contributed by atoms with Gasteiger partial charge in [-0.15, -0.1) is 0 Å². The zero-order valence-corrected chi connectivity index (χ0v) is 37.7. The monoisotopic (exact) mass is 862 g/mol. The van der Waals surface area contributed by atoms with Crippen LogP contribution in [-0.2, 0) is 0 Å². The molecule has 0 saturated heterocycles. The molecule has 0 aliphatic rings. The molecule has 44 heavy (non-hydrogen) atoms. The Morgan fingerprint density at radius 3 is 0.977 bits per heavy atom. The quantitative estimate of drug-likeness (QED) is 0.0658. The molecule has 254 valence electrons. The van der Waals surface area contributed by atoms with Crippen molar-refractivity contribution in [3.8, 4) is 21.3 Å². The molecule has 0 saturated carbocycles. The topological polar surface area (TPSA) is 18.5 Å². The molecule has 2 aromatic rings. The maximum atomic E-state index is 6.61. The van der Waals surface area contributed by atoms with E-state index in [2.05, 4.69) is 55.6 Å². The molecule has 2 aromatic heterocycles. The van der Waals surface area contributed by atoms with Crippen LogP contribution in [0, 0.1) is 0 Å². The van der Waals surface area contributed by atoms with E-state index in [1.807, 2.05) is 22.7 Å². The van der Waals surface area contributed by atoms with Gasteiger partial charge in [-0.25, -0.2) is 0 Å². The number of hydrogen-bond acceptors (Lipinski definition) is 4. The van der Waals surface area contributed by atoms with Crippen molar-refractivity contribution >= 4 is 65.2 Å². The van der Waals surface area contributed by atoms with E-state index in [0.717, 1.165) is 37.6 Å². The molecule has 0 N–H and O–H groups in total. The first-order valence-electron chi connectivity index (χ1n) is 18.6. The first-order valence-corrected chi connectivity index (χ1v) is 40.2. The van der Waals surface area contributed by atoms with E-state index in [1.54, 1.807) is 5.79 Å². The Balaban J connectivity index is 1.96. The summed E-state index contributed by atoms with van der Waals surface area (Å²) in [6, 6.07) is 4.86. The SMILES string of the molecule is CCCCCCCCCCCCOc1c[c]([Sn]([CH3])([CH3])[CH3])sc1-c1s[c]([Sn]([CH3])([CH3])[CH3])cc1OCCCCCCCCCCCC. The van der Waals surface area contributed by atoms with Crippen LogP contribution in [0.5, 0.6) is 11.5 Å². The molecule has 0 aliphatic heterocycles. The molecule has 0 aromatic carbocycles. The smallest absolute Gasteiger partial charge is 0.0654 e. The van der Waals surface area contributed by atoms with Crippen molar-refractivity contribution in [2.24, 2.45) is 0 Å². The van der Waals surface area contributed by atoms with E-state index < -0.39 is 36.8 Å². The second-order valence-corrected chi connectivity index (χ2v) is 48.1. The van der Waals surface area contributed by atoms with E-state index >= 15 is 0 Å². The van der Waals surface area contributed by atoms with Crippen LogP contribution in [-0.4, -0.2) is 50.0 Å². The molecule has 2 heterocycles. The van der Waals surface area contributed by atoms with Crippen LogP contribution in [0.15, 0.2) is 12.1 Å². The summed E-state index contributed by atoms with van der Waals surface area (Å²) >= 11 is -0.445. The normalized spacial score (nSPS) is 12.3. The summed E-state index contributed by atoms with van der Waals surface area (Å²) in [7, 11) is 0. The Bertz CT molecular complexity index is 919. The van der Waals surface area contributed by atoms with E-state index in [0.29, 0.717) is 0 Å². The number of rotatable bonds is 27. The minimum absolute atomic E-state index is 0.838. The van der Waals surface area contributed by atoms with Crippen molar-refractivity contribution < 1.29 is 9.47 Å². The molecular formula is C38H70O2S2Sn2. The average molecular weight is 861 g/mol. The van der Waals surface area contributed by atoms with Crippen LogP contribution < -0.4 is 15.3 Å². The molecular weight excluding hydrogens is 790 g/mol. The maximum absolute atomic E-state index is 6.61. The minimum Gasteiger partial charge on any atom is -0.0654 e. The molecule has 0 spiro atoms. The van der Waals surface area contributed by atoms with Crippen LogP contribution in [0.4, 0.5) is 0 Å². The Morgan fingerprint density at radius 1 is 0.432 bits per heavy atom. The van der Waals surface area contributed by atoms with Crippen molar-refractivity contribution in [1.82, 2.24) is 0 Å². The van der Waals surface area contributed by atoms with Crippen molar-refractivity contribution in [2.75, 3.05) is 13.2 Å². The first-order chi connectivity index (χ1) is 21.1. The Hall–Kier alpha value is 0.597. The molecule has 2 rings (SSSR count). The molecule has 0 bridgehead atoms. The van der Waals surface area contributed by atoms with Gasteiger partial charge < -0.3 is 0 Å². The zero-order chi connectivity index (χ0) is 32.3. The molecule has 2 nitrogen and oxygen atoms in total. The summed E-state index contributed by atoms with van der Waals surface area (Å²) in [5, 5.41) is 0. The van der Waals surface area contributed by atoms with Crippen molar-refractivity contribution in [2.45, 2.75) is 172 Å². The second kappa shape index (κ2) is 23.0. The molecule has 0 amide bonds. The van der Waals surface area contributed by atoms with Gasteiger partial charge in [-0.1, -0.05) is 52.4 Å². The molecule has 0 atom stereocenters. The fourth-order valence-corrected chi connectivity index (χ4v) is 18.2. The Kier molecular flexibility index (Phi) is 21.3. The van der Waals surface area contributed by atoms with Gasteiger partial charge in [0.05, 0.1) is 0 Å². The van der Waals surface area contributed by atoms with Crippen LogP contribution in [0.2, 0.25) is 29.6 Å². The van der Waals surface area contributed by atoms with Gasteiger partial charge in [0.2, 0.25) is 0 Å². The van der Waals surface area contributed by atoms with Gasteiger partial charge in [0.25, 0.3) is 0 Å².